The van der Waals surface area contributed by atoms with Crippen molar-refractivity contribution in [3.63, 3.8) is 0 Å². The molecule has 0 aliphatic carbocycles. The number of nitrogens with zero attached hydrogens (tertiary/aromatic N) is 2. The molecule has 0 bridgehead atoms. The standard InChI is InChI=1S/C8H6N2O2S/c1-4-6-5(13-10-4)2-3-9-7(6)8(11)12/h2-3H,1H3,(H,11,12). The third-order valence-corrected chi connectivity index (χ3v) is 2.66. The van der Waals surface area contributed by atoms with Crippen molar-refractivity contribution in [2.24, 2.45) is 0 Å². The van der Waals surface area contributed by atoms with E-state index in [-0.39, 0.29) is 5.69 Å². The van der Waals surface area contributed by atoms with E-state index in [4.69, 9.17) is 5.11 Å². The maximum atomic E-state index is 10.8. The van der Waals surface area contributed by atoms with Gasteiger partial charge in [-0.05, 0) is 24.5 Å². The van der Waals surface area contributed by atoms with E-state index in [1.807, 2.05) is 0 Å². The number of hydrogen-bond donors (Lipinski definition) is 1. The summed E-state index contributed by atoms with van der Waals surface area (Å²) in [6, 6.07) is 1.77. The molecule has 2 heterocycles. The van der Waals surface area contributed by atoms with Crippen LogP contribution < -0.4 is 0 Å². The Morgan fingerprint density at radius 3 is 3.08 bits per heavy atom. The van der Waals surface area contributed by atoms with Crippen molar-refractivity contribution in [3.8, 4) is 0 Å². The Morgan fingerprint density at radius 2 is 2.38 bits per heavy atom. The lowest BCUT2D eigenvalue weighted by Crippen LogP contribution is -2.00. The molecule has 66 valence electrons. The molecule has 0 amide bonds. The highest BCUT2D eigenvalue weighted by Gasteiger charge is 2.13. The third-order valence-electron chi connectivity index (χ3n) is 1.76. The summed E-state index contributed by atoms with van der Waals surface area (Å²) in [7, 11) is 0. The fourth-order valence-electron chi connectivity index (χ4n) is 1.20. The Kier molecular flexibility index (Phi) is 1.73. The number of carboxylic acid groups (broad SMARTS) is 1. The molecule has 0 spiro atoms. The van der Waals surface area contributed by atoms with E-state index in [9.17, 15) is 4.79 Å². The molecule has 0 radical (unpaired) electrons. The fourth-order valence-corrected chi connectivity index (χ4v) is 1.98. The molecule has 2 aromatic heterocycles. The number of carbonyl (C=O) groups is 1. The number of aryl methyl sites for hydroxylation is 1. The van der Waals surface area contributed by atoms with Gasteiger partial charge in [-0.25, -0.2) is 9.78 Å². The number of pyridine rings is 1. The smallest absolute Gasteiger partial charge is 0.355 e. The van der Waals surface area contributed by atoms with Gasteiger partial charge in [0.05, 0.1) is 10.4 Å². The summed E-state index contributed by atoms with van der Waals surface area (Å²) >= 11 is 1.29. The summed E-state index contributed by atoms with van der Waals surface area (Å²) < 4.78 is 4.94. The van der Waals surface area contributed by atoms with Crippen molar-refractivity contribution in [1.82, 2.24) is 9.36 Å². The Morgan fingerprint density at radius 1 is 1.62 bits per heavy atom. The van der Waals surface area contributed by atoms with Gasteiger partial charge in [-0.2, -0.15) is 4.37 Å². The van der Waals surface area contributed by atoms with E-state index < -0.39 is 5.97 Å². The summed E-state index contributed by atoms with van der Waals surface area (Å²) in [4.78, 5) is 14.6. The van der Waals surface area contributed by atoms with Crippen LogP contribution >= 0.6 is 11.5 Å². The zero-order valence-corrected chi connectivity index (χ0v) is 7.63. The molecule has 13 heavy (non-hydrogen) atoms. The Bertz CT molecular complexity index is 478. The highest BCUT2D eigenvalue weighted by atomic mass is 32.1. The van der Waals surface area contributed by atoms with Crippen LogP contribution in [0.2, 0.25) is 0 Å². The SMILES string of the molecule is Cc1nsc2ccnc(C(=O)O)c12. The largest absolute Gasteiger partial charge is 0.476 e. The predicted octanol–water partition coefficient (Wildman–Crippen LogP) is 1.70. The maximum absolute atomic E-state index is 10.8. The van der Waals surface area contributed by atoms with Crippen LogP contribution in [-0.4, -0.2) is 20.4 Å². The van der Waals surface area contributed by atoms with Gasteiger partial charge in [0.1, 0.15) is 0 Å². The van der Waals surface area contributed by atoms with Crippen LogP contribution in [0, 0.1) is 6.92 Å². The number of hydrogen-bond acceptors (Lipinski definition) is 4. The second-order valence-corrected chi connectivity index (χ2v) is 3.41. The summed E-state index contributed by atoms with van der Waals surface area (Å²) in [5.74, 6) is -1.01. The van der Waals surface area contributed by atoms with Crippen molar-refractivity contribution in [3.05, 3.63) is 23.7 Å². The fraction of sp³-hybridized carbons (Fsp3) is 0.125. The number of carboxylic acids is 1. The van der Waals surface area contributed by atoms with E-state index in [2.05, 4.69) is 9.36 Å². The van der Waals surface area contributed by atoms with Crippen LogP contribution in [0.15, 0.2) is 12.3 Å². The zero-order valence-electron chi connectivity index (χ0n) is 6.81. The quantitative estimate of drug-likeness (QED) is 0.750. The predicted molar refractivity (Wildman–Crippen MR) is 49.1 cm³/mol. The Hall–Kier alpha value is -1.49. The van der Waals surface area contributed by atoms with Gasteiger partial charge in [0.2, 0.25) is 0 Å². The van der Waals surface area contributed by atoms with Gasteiger partial charge in [-0.3, -0.25) is 0 Å². The second kappa shape index (κ2) is 2.77. The van der Waals surface area contributed by atoms with E-state index in [1.54, 1.807) is 13.0 Å². The van der Waals surface area contributed by atoms with Crippen LogP contribution in [0.5, 0.6) is 0 Å². The summed E-state index contributed by atoms with van der Waals surface area (Å²) in [5, 5.41) is 9.49. The number of aromatic nitrogens is 2. The van der Waals surface area contributed by atoms with Crippen molar-refractivity contribution in [2.75, 3.05) is 0 Å². The lowest BCUT2D eigenvalue weighted by Gasteiger charge is -1.95. The first-order valence-corrected chi connectivity index (χ1v) is 4.42. The topological polar surface area (TPSA) is 63.1 Å². The molecule has 0 unspecified atom stereocenters. The van der Waals surface area contributed by atoms with Gasteiger partial charge < -0.3 is 5.11 Å². The zero-order chi connectivity index (χ0) is 9.42. The van der Waals surface area contributed by atoms with Crippen LogP contribution in [0.3, 0.4) is 0 Å². The minimum absolute atomic E-state index is 0.0868. The highest BCUT2D eigenvalue weighted by Crippen LogP contribution is 2.23. The van der Waals surface area contributed by atoms with E-state index >= 15 is 0 Å². The summed E-state index contributed by atoms with van der Waals surface area (Å²) in [6.07, 6.45) is 1.49. The Balaban J connectivity index is 2.88. The average Bonchev–Trinajstić information content (AvgIpc) is 2.48. The van der Waals surface area contributed by atoms with Gasteiger partial charge >= 0.3 is 5.97 Å². The van der Waals surface area contributed by atoms with Gasteiger partial charge in [0.15, 0.2) is 5.69 Å². The van der Waals surface area contributed by atoms with Gasteiger partial charge in [-0.1, -0.05) is 0 Å². The number of fused-ring (bicyclic) bond motifs is 1. The molecule has 2 rings (SSSR count). The molecule has 0 aromatic carbocycles. The molecule has 2 aromatic rings. The van der Waals surface area contributed by atoms with Crippen LogP contribution in [0.4, 0.5) is 0 Å². The van der Waals surface area contributed by atoms with E-state index in [1.165, 1.54) is 17.7 Å². The third kappa shape index (κ3) is 1.17. The van der Waals surface area contributed by atoms with Crippen molar-refractivity contribution < 1.29 is 9.90 Å². The molecule has 0 saturated heterocycles. The molecule has 4 nitrogen and oxygen atoms in total. The molecule has 0 aliphatic heterocycles. The number of aromatic carboxylic acids is 1. The molecule has 0 saturated carbocycles. The monoisotopic (exact) mass is 194 g/mol. The molecule has 5 heteroatoms. The molecular weight excluding hydrogens is 188 g/mol. The number of rotatable bonds is 1. The first-order chi connectivity index (χ1) is 6.20. The first kappa shape index (κ1) is 8.12. The molecule has 1 N–H and O–H groups in total. The average molecular weight is 194 g/mol. The Labute approximate surface area is 78.0 Å². The molecule has 0 fully saturated rings. The van der Waals surface area contributed by atoms with Crippen molar-refractivity contribution in [1.29, 1.82) is 0 Å². The molecule has 0 atom stereocenters. The summed E-state index contributed by atoms with van der Waals surface area (Å²) in [5.41, 5.74) is 0.814. The molecule has 0 aliphatic rings. The lowest BCUT2D eigenvalue weighted by atomic mass is 10.2. The molecular formula is C8H6N2O2S. The van der Waals surface area contributed by atoms with Crippen LogP contribution in [0.1, 0.15) is 16.2 Å². The van der Waals surface area contributed by atoms with E-state index in [0.29, 0.717) is 5.39 Å². The normalized spacial score (nSPS) is 10.5. The first-order valence-electron chi connectivity index (χ1n) is 3.64. The minimum atomic E-state index is -1.01. The second-order valence-electron chi connectivity index (χ2n) is 2.61. The highest BCUT2D eigenvalue weighted by molar-refractivity contribution is 7.13. The summed E-state index contributed by atoms with van der Waals surface area (Å²) in [6.45, 7) is 1.78. The lowest BCUT2D eigenvalue weighted by molar-refractivity contribution is 0.0693. The minimum Gasteiger partial charge on any atom is -0.476 e. The van der Waals surface area contributed by atoms with Crippen LogP contribution in [-0.2, 0) is 0 Å². The van der Waals surface area contributed by atoms with Gasteiger partial charge in [0, 0.05) is 11.6 Å². The van der Waals surface area contributed by atoms with Gasteiger partial charge in [0.25, 0.3) is 0 Å². The maximum Gasteiger partial charge on any atom is 0.355 e. The van der Waals surface area contributed by atoms with E-state index in [0.717, 1.165) is 10.4 Å². The van der Waals surface area contributed by atoms with Crippen LogP contribution in [0.25, 0.3) is 10.1 Å². The van der Waals surface area contributed by atoms with Crippen molar-refractivity contribution in [2.45, 2.75) is 6.92 Å². The van der Waals surface area contributed by atoms with Gasteiger partial charge in [-0.15, -0.1) is 0 Å². The van der Waals surface area contributed by atoms with Crippen molar-refractivity contribution >= 4 is 27.6 Å².